The summed E-state index contributed by atoms with van der Waals surface area (Å²) in [7, 11) is 4.06. The average Bonchev–Trinajstić information content (AvgIpc) is 2.29. The molecule has 1 N–H and O–H groups in total. The van der Waals surface area contributed by atoms with Gasteiger partial charge in [0.2, 0.25) is 5.88 Å². The van der Waals surface area contributed by atoms with Crippen molar-refractivity contribution in [3.05, 3.63) is 23.9 Å². The van der Waals surface area contributed by atoms with Crippen LogP contribution in [0.3, 0.4) is 0 Å². The quantitative estimate of drug-likeness (QED) is 0.696. The van der Waals surface area contributed by atoms with Crippen molar-refractivity contribution in [3.8, 4) is 5.88 Å². The van der Waals surface area contributed by atoms with Gasteiger partial charge in [0.05, 0.1) is 5.69 Å². The van der Waals surface area contributed by atoms with Crippen LogP contribution in [0.5, 0.6) is 5.88 Å². The van der Waals surface area contributed by atoms with Crippen LogP contribution in [-0.4, -0.2) is 43.7 Å². The number of nitrogens with one attached hydrogen (secondary N) is 1. The van der Waals surface area contributed by atoms with E-state index in [1.807, 2.05) is 32.3 Å². The summed E-state index contributed by atoms with van der Waals surface area (Å²) in [6, 6.07) is 5.90. The van der Waals surface area contributed by atoms with Gasteiger partial charge >= 0.3 is 0 Å². The molecule has 0 spiro atoms. The Morgan fingerprint density at radius 1 is 1.35 bits per heavy atom. The fraction of sp³-hybridized carbons (Fsp3) is 0.615. The van der Waals surface area contributed by atoms with E-state index >= 15 is 0 Å². The van der Waals surface area contributed by atoms with Crippen LogP contribution in [0, 0.1) is 0 Å². The Morgan fingerprint density at radius 3 is 2.88 bits per heavy atom. The molecule has 0 radical (unpaired) electrons. The van der Waals surface area contributed by atoms with Crippen molar-refractivity contribution < 1.29 is 4.74 Å². The van der Waals surface area contributed by atoms with Gasteiger partial charge in [0.1, 0.15) is 6.61 Å². The number of rotatable bonds is 8. The SMILES string of the molecule is CCCNCc1cccc(OCCN(C)C)n1. The largest absolute Gasteiger partial charge is 0.476 e. The molecule has 0 aromatic carbocycles. The predicted octanol–water partition coefficient (Wildman–Crippen LogP) is 1.52. The minimum Gasteiger partial charge on any atom is -0.476 e. The van der Waals surface area contributed by atoms with Gasteiger partial charge in [-0.1, -0.05) is 13.0 Å². The smallest absolute Gasteiger partial charge is 0.213 e. The Labute approximate surface area is 104 Å². The molecule has 0 aliphatic carbocycles. The molecule has 0 saturated heterocycles. The summed E-state index contributed by atoms with van der Waals surface area (Å²) in [6.45, 7) is 5.55. The zero-order valence-corrected chi connectivity index (χ0v) is 11.1. The highest BCUT2D eigenvalue weighted by molar-refractivity contribution is 5.15. The number of likely N-dealkylation sites (N-methyl/N-ethyl adjacent to an activating group) is 1. The molecule has 17 heavy (non-hydrogen) atoms. The van der Waals surface area contributed by atoms with Crippen molar-refractivity contribution in [1.29, 1.82) is 0 Å². The van der Waals surface area contributed by atoms with Crippen LogP contribution in [0.1, 0.15) is 19.0 Å². The fourth-order valence-corrected chi connectivity index (χ4v) is 1.36. The van der Waals surface area contributed by atoms with Crippen molar-refractivity contribution in [2.24, 2.45) is 0 Å². The van der Waals surface area contributed by atoms with Gasteiger partial charge in [0, 0.05) is 19.2 Å². The maximum atomic E-state index is 5.58. The summed E-state index contributed by atoms with van der Waals surface area (Å²) < 4.78 is 5.58. The maximum Gasteiger partial charge on any atom is 0.213 e. The molecule has 0 unspecified atom stereocenters. The number of pyridine rings is 1. The van der Waals surface area contributed by atoms with Crippen molar-refractivity contribution in [2.75, 3.05) is 33.8 Å². The fourth-order valence-electron chi connectivity index (χ4n) is 1.36. The number of hydrogen-bond donors (Lipinski definition) is 1. The molecule has 0 amide bonds. The van der Waals surface area contributed by atoms with Crippen LogP contribution >= 0.6 is 0 Å². The standard InChI is InChI=1S/C13H23N3O/c1-4-8-14-11-12-6-5-7-13(15-12)17-10-9-16(2)3/h5-7,14H,4,8-11H2,1-3H3. The monoisotopic (exact) mass is 237 g/mol. The summed E-state index contributed by atoms with van der Waals surface area (Å²) in [5, 5.41) is 3.33. The molecule has 0 atom stereocenters. The molecule has 0 aliphatic rings. The Morgan fingerprint density at radius 2 is 2.18 bits per heavy atom. The van der Waals surface area contributed by atoms with E-state index in [1.165, 1.54) is 0 Å². The third-order valence-electron chi connectivity index (χ3n) is 2.30. The summed E-state index contributed by atoms with van der Waals surface area (Å²) in [5.74, 6) is 0.711. The van der Waals surface area contributed by atoms with Gasteiger partial charge in [-0.15, -0.1) is 0 Å². The summed E-state index contributed by atoms with van der Waals surface area (Å²) >= 11 is 0. The molecule has 4 heteroatoms. The molecule has 96 valence electrons. The number of nitrogens with zero attached hydrogens (tertiary/aromatic N) is 2. The maximum absolute atomic E-state index is 5.58. The van der Waals surface area contributed by atoms with Crippen molar-refractivity contribution in [3.63, 3.8) is 0 Å². The van der Waals surface area contributed by atoms with Gasteiger partial charge in [-0.25, -0.2) is 4.98 Å². The summed E-state index contributed by atoms with van der Waals surface area (Å²) in [5.41, 5.74) is 1.03. The van der Waals surface area contributed by atoms with Gasteiger partial charge < -0.3 is 15.0 Å². The van der Waals surface area contributed by atoms with Gasteiger partial charge in [-0.05, 0) is 33.1 Å². The van der Waals surface area contributed by atoms with E-state index in [2.05, 4.69) is 22.1 Å². The zero-order valence-electron chi connectivity index (χ0n) is 11.1. The van der Waals surface area contributed by atoms with Crippen LogP contribution in [0.4, 0.5) is 0 Å². The minimum absolute atomic E-state index is 0.672. The highest BCUT2D eigenvalue weighted by Crippen LogP contribution is 2.07. The Kier molecular flexibility index (Phi) is 6.58. The average molecular weight is 237 g/mol. The summed E-state index contributed by atoms with van der Waals surface area (Å²) in [4.78, 5) is 6.53. The molecule has 0 bridgehead atoms. The Balaban J connectivity index is 2.37. The van der Waals surface area contributed by atoms with Crippen molar-refractivity contribution >= 4 is 0 Å². The van der Waals surface area contributed by atoms with E-state index in [4.69, 9.17) is 4.74 Å². The molecule has 1 rings (SSSR count). The second kappa shape index (κ2) is 8.03. The van der Waals surface area contributed by atoms with Crippen LogP contribution in [-0.2, 0) is 6.54 Å². The number of aromatic nitrogens is 1. The zero-order chi connectivity index (χ0) is 12.5. The first-order valence-electron chi connectivity index (χ1n) is 6.16. The van der Waals surface area contributed by atoms with E-state index in [-0.39, 0.29) is 0 Å². The first-order valence-corrected chi connectivity index (χ1v) is 6.16. The highest BCUT2D eigenvalue weighted by atomic mass is 16.5. The first kappa shape index (κ1) is 13.9. The van der Waals surface area contributed by atoms with E-state index < -0.39 is 0 Å². The van der Waals surface area contributed by atoms with Gasteiger partial charge in [0.25, 0.3) is 0 Å². The number of ether oxygens (including phenoxy) is 1. The molecule has 0 aliphatic heterocycles. The molecule has 1 aromatic heterocycles. The third-order valence-corrected chi connectivity index (χ3v) is 2.30. The lowest BCUT2D eigenvalue weighted by molar-refractivity contribution is 0.253. The van der Waals surface area contributed by atoms with E-state index in [9.17, 15) is 0 Å². The van der Waals surface area contributed by atoms with E-state index in [1.54, 1.807) is 0 Å². The first-order chi connectivity index (χ1) is 8.22. The third kappa shape index (κ3) is 6.24. The lowest BCUT2D eigenvalue weighted by Gasteiger charge is -2.11. The molecular weight excluding hydrogens is 214 g/mol. The van der Waals surface area contributed by atoms with Crippen LogP contribution in [0.15, 0.2) is 18.2 Å². The highest BCUT2D eigenvalue weighted by Gasteiger charge is 1.99. The molecule has 1 aromatic rings. The van der Waals surface area contributed by atoms with Crippen LogP contribution in [0.2, 0.25) is 0 Å². The normalized spacial score (nSPS) is 10.8. The Bertz CT molecular complexity index is 315. The van der Waals surface area contributed by atoms with Crippen molar-refractivity contribution in [1.82, 2.24) is 15.2 Å². The van der Waals surface area contributed by atoms with Gasteiger partial charge in [0.15, 0.2) is 0 Å². The molecule has 4 nitrogen and oxygen atoms in total. The van der Waals surface area contributed by atoms with Crippen molar-refractivity contribution in [2.45, 2.75) is 19.9 Å². The molecular formula is C13H23N3O. The predicted molar refractivity (Wildman–Crippen MR) is 70.3 cm³/mol. The Hall–Kier alpha value is -1.13. The lowest BCUT2D eigenvalue weighted by Crippen LogP contribution is -2.20. The van der Waals surface area contributed by atoms with E-state index in [0.717, 1.165) is 31.7 Å². The van der Waals surface area contributed by atoms with Gasteiger partial charge in [-0.3, -0.25) is 0 Å². The second-order valence-electron chi connectivity index (χ2n) is 4.30. The van der Waals surface area contributed by atoms with E-state index in [0.29, 0.717) is 12.5 Å². The molecule has 0 fully saturated rings. The van der Waals surface area contributed by atoms with Crippen LogP contribution in [0.25, 0.3) is 0 Å². The lowest BCUT2D eigenvalue weighted by atomic mass is 10.3. The van der Waals surface area contributed by atoms with Crippen LogP contribution < -0.4 is 10.1 Å². The minimum atomic E-state index is 0.672. The summed E-state index contributed by atoms with van der Waals surface area (Å²) in [6.07, 6.45) is 1.14. The molecule has 0 saturated carbocycles. The second-order valence-corrected chi connectivity index (χ2v) is 4.30. The number of hydrogen-bond acceptors (Lipinski definition) is 4. The van der Waals surface area contributed by atoms with Gasteiger partial charge in [-0.2, -0.15) is 0 Å². The molecule has 1 heterocycles. The topological polar surface area (TPSA) is 37.4 Å².